The van der Waals surface area contributed by atoms with Gasteiger partial charge in [-0.2, -0.15) is 0 Å². The third kappa shape index (κ3) is 3.26. The van der Waals surface area contributed by atoms with Crippen LogP contribution in [0.2, 0.25) is 5.02 Å². The van der Waals surface area contributed by atoms with Gasteiger partial charge in [0.2, 0.25) is 0 Å². The van der Waals surface area contributed by atoms with Crippen LogP contribution in [0.1, 0.15) is 10.4 Å². The van der Waals surface area contributed by atoms with Gasteiger partial charge in [-0.3, -0.25) is 4.79 Å². The Balaban J connectivity index is 2.28. The third-order valence-corrected chi connectivity index (χ3v) is 3.46. The first-order chi connectivity index (χ1) is 8.99. The van der Waals surface area contributed by atoms with Crippen LogP contribution in [0, 0.1) is 0 Å². The van der Waals surface area contributed by atoms with Crippen LogP contribution in [0.25, 0.3) is 0 Å². The minimum atomic E-state index is -1.07. The van der Waals surface area contributed by atoms with Crippen LogP contribution >= 0.6 is 27.5 Å². The zero-order chi connectivity index (χ0) is 14.0. The monoisotopic (exact) mass is 347 g/mol. The van der Waals surface area contributed by atoms with Crippen LogP contribution in [0.4, 0.5) is 0 Å². The number of morpholine rings is 1. The van der Waals surface area contributed by atoms with Crippen molar-refractivity contribution >= 4 is 39.4 Å². The highest BCUT2D eigenvalue weighted by Crippen LogP contribution is 2.22. The maximum absolute atomic E-state index is 12.3. The van der Waals surface area contributed by atoms with E-state index in [0.717, 1.165) is 0 Å². The number of nitrogens with zero attached hydrogens (tertiary/aromatic N) is 1. The van der Waals surface area contributed by atoms with Crippen LogP contribution in [0.5, 0.6) is 0 Å². The standard InChI is InChI=1S/C12H11BrClNO4/c13-8-3-7(4-9(14)5-8)11(16)15-1-2-19-6-10(15)12(17)18/h3-5,10H,1-2,6H2,(H,17,18). The Morgan fingerprint density at radius 1 is 1.42 bits per heavy atom. The van der Waals surface area contributed by atoms with Gasteiger partial charge in [0.25, 0.3) is 5.91 Å². The summed E-state index contributed by atoms with van der Waals surface area (Å²) in [5.74, 6) is -1.44. The first-order valence-electron chi connectivity index (χ1n) is 5.56. The van der Waals surface area contributed by atoms with E-state index in [-0.39, 0.29) is 19.1 Å². The van der Waals surface area contributed by atoms with E-state index in [9.17, 15) is 9.59 Å². The van der Waals surface area contributed by atoms with Crippen molar-refractivity contribution < 1.29 is 19.4 Å². The molecule has 1 amide bonds. The number of carboxylic acid groups (broad SMARTS) is 1. The number of carbonyl (C=O) groups is 2. The normalized spacial score (nSPS) is 19.3. The number of hydrogen-bond donors (Lipinski definition) is 1. The maximum atomic E-state index is 12.3. The van der Waals surface area contributed by atoms with E-state index >= 15 is 0 Å². The Morgan fingerprint density at radius 3 is 2.79 bits per heavy atom. The predicted octanol–water partition coefficient (Wildman–Crippen LogP) is 2.03. The second kappa shape index (κ2) is 5.90. The second-order valence-corrected chi connectivity index (χ2v) is 5.44. The van der Waals surface area contributed by atoms with Crippen molar-refractivity contribution in [2.45, 2.75) is 6.04 Å². The van der Waals surface area contributed by atoms with Crippen molar-refractivity contribution in [3.63, 3.8) is 0 Å². The zero-order valence-corrected chi connectivity index (χ0v) is 12.1. The zero-order valence-electron chi connectivity index (χ0n) is 9.81. The predicted molar refractivity (Wildman–Crippen MR) is 72.4 cm³/mol. The van der Waals surface area contributed by atoms with E-state index in [0.29, 0.717) is 21.7 Å². The van der Waals surface area contributed by atoms with Crippen LogP contribution in [0.15, 0.2) is 22.7 Å². The number of amides is 1. The van der Waals surface area contributed by atoms with Gasteiger partial charge in [-0.05, 0) is 18.2 Å². The molecule has 102 valence electrons. The van der Waals surface area contributed by atoms with Crippen molar-refractivity contribution in [1.29, 1.82) is 0 Å². The fourth-order valence-electron chi connectivity index (χ4n) is 1.89. The lowest BCUT2D eigenvalue weighted by molar-refractivity contribution is -0.147. The maximum Gasteiger partial charge on any atom is 0.328 e. The second-order valence-electron chi connectivity index (χ2n) is 4.09. The lowest BCUT2D eigenvalue weighted by atomic mass is 10.1. The summed E-state index contributed by atoms with van der Waals surface area (Å²) in [7, 11) is 0. The average Bonchev–Trinajstić information content (AvgIpc) is 2.36. The molecule has 0 aromatic heterocycles. The Bertz CT molecular complexity index is 502. The van der Waals surface area contributed by atoms with Gasteiger partial charge in [-0.25, -0.2) is 4.79 Å². The van der Waals surface area contributed by atoms with Crippen molar-refractivity contribution in [2.24, 2.45) is 0 Å². The van der Waals surface area contributed by atoms with Crippen LogP contribution in [0.3, 0.4) is 0 Å². The van der Waals surface area contributed by atoms with Crippen molar-refractivity contribution in [1.82, 2.24) is 4.90 Å². The largest absolute Gasteiger partial charge is 0.480 e. The van der Waals surface area contributed by atoms with Crippen LogP contribution in [-0.2, 0) is 9.53 Å². The number of benzene rings is 1. The molecule has 7 heteroatoms. The fraction of sp³-hybridized carbons (Fsp3) is 0.333. The molecule has 1 N–H and O–H groups in total. The molecule has 1 aromatic carbocycles. The van der Waals surface area contributed by atoms with Gasteiger partial charge in [0.05, 0.1) is 13.2 Å². The van der Waals surface area contributed by atoms with Crippen molar-refractivity contribution in [3.05, 3.63) is 33.3 Å². The van der Waals surface area contributed by atoms with E-state index in [1.165, 1.54) is 11.0 Å². The topological polar surface area (TPSA) is 66.8 Å². The summed E-state index contributed by atoms with van der Waals surface area (Å²) < 4.78 is 5.77. The number of halogens is 2. The van der Waals surface area contributed by atoms with Gasteiger partial charge in [-0.15, -0.1) is 0 Å². The van der Waals surface area contributed by atoms with Crippen LogP contribution < -0.4 is 0 Å². The van der Waals surface area contributed by atoms with E-state index < -0.39 is 12.0 Å². The number of carboxylic acids is 1. The smallest absolute Gasteiger partial charge is 0.328 e. The third-order valence-electron chi connectivity index (χ3n) is 2.78. The lowest BCUT2D eigenvalue weighted by Crippen LogP contribution is -2.52. The highest BCUT2D eigenvalue weighted by atomic mass is 79.9. The number of carbonyl (C=O) groups excluding carboxylic acids is 1. The van der Waals surface area contributed by atoms with Crippen molar-refractivity contribution in [2.75, 3.05) is 19.8 Å². The number of rotatable bonds is 2. The van der Waals surface area contributed by atoms with E-state index in [1.807, 2.05) is 0 Å². The molecule has 1 fully saturated rings. The van der Waals surface area contributed by atoms with E-state index in [4.69, 9.17) is 21.4 Å². The Morgan fingerprint density at radius 2 is 2.16 bits per heavy atom. The molecule has 0 aliphatic carbocycles. The molecule has 5 nitrogen and oxygen atoms in total. The van der Waals surface area contributed by atoms with Gasteiger partial charge in [0.1, 0.15) is 0 Å². The summed E-state index contributed by atoms with van der Waals surface area (Å²) in [6, 6.07) is 3.83. The summed E-state index contributed by atoms with van der Waals surface area (Å²) in [5.41, 5.74) is 0.354. The molecule has 1 heterocycles. The SMILES string of the molecule is O=C(O)C1COCCN1C(=O)c1cc(Cl)cc(Br)c1. The molecule has 19 heavy (non-hydrogen) atoms. The van der Waals surface area contributed by atoms with Crippen molar-refractivity contribution in [3.8, 4) is 0 Å². The minimum Gasteiger partial charge on any atom is -0.480 e. The number of hydrogen-bond acceptors (Lipinski definition) is 3. The number of aliphatic carboxylic acids is 1. The number of ether oxygens (including phenoxy) is 1. The first kappa shape index (κ1) is 14.3. The first-order valence-corrected chi connectivity index (χ1v) is 6.74. The minimum absolute atomic E-state index is 0.00279. The molecule has 1 unspecified atom stereocenters. The van der Waals surface area contributed by atoms with Gasteiger partial charge >= 0.3 is 5.97 Å². The highest BCUT2D eigenvalue weighted by molar-refractivity contribution is 9.10. The average molecular weight is 349 g/mol. The molecule has 0 saturated carbocycles. The molecule has 1 saturated heterocycles. The Hall–Kier alpha value is -1.11. The van der Waals surface area contributed by atoms with Gasteiger partial charge in [0.15, 0.2) is 6.04 Å². The van der Waals surface area contributed by atoms with Gasteiger partial charge < -0.3 is 14.7 Å². The summed E-state index contributed by atoms with van der Waals surface area (Å²) in [6.07, 6.45) is 0. The quantitative estimate of drug-likeness (QED) is 0.888. The molecule has 0 radical (unpaired) electrons. The Kier molecular flexibility index (Phi) is 4.44. The summed E-state index contributed by atoms with van der Waals surface area (Å²) >= 11 is 9.14. The van der Waals surface area contributed by atoms with E-state index in [1.54, 1.807) is 12.1 Å². The molecule has 2 rings (SSSR count). The molecule has 1 atom stereocenters. The molecular weight excluding hydrogens is 337 g/mol. The molecule has 1 aliphatic heterocycles. The van der Waals surface area contributed by atoms with Crippen LogP contribution in [-0.4, -0.2) is 47.7 Å². The summed E-state index contributed by atoms with van der Waals surface area (Å²) in [4.78, 5) is 24.8. The summed E-state index contributed by atoms with van der Waals surface area (Å²) in [6.45, 7) is 0.583. The highest BCUT2D eigenvalue weighted by Gasteiger charge is 2.33. The lowest BCUT2D eigenvalue weighted by Gasteiger charge is -2.32. The fourth-order valence-corrected chi connectivity index (χ4v) is 2.75. The van der Waals surface area contributed by atoms with Gasteiger partial charge in [0, 0.05) is 21.6 Å². The molecule has 0 spiro atoms. The molecule has 0 bridgehead atoms. The molecule has 1 aromatic rings. The Labute approximate surface area is 123 Å². The van der Waals surface area contributed by atoms with Gasteiger partial charge in [-0.1, -0.05) is 27.5 Å². The molecule has 1 aliphatic rings. The molecular formula is C12H11BrClNO4. The summed E-state index contributed by atoms with van der Waals surface area (Å²) in [5, 5.41) is 9.52. The van der Waals surface area contributed by atoms with E-state index in [2.05, 4.69) is 15.9 Å².